The lowest BCUT2D eigenvalue weighted by Crippen LogP contribution is -2.30. The van der Waals surface area contributed by atoms with E-state index in [9.17, 15) is 4.79 Å². The van der Waals surface area contributed by atoms with E-state index in [0.717, 1.165) is 17.9 Å². The average molecular weight is 335 g/mol. The first-order chi connectivity index (χ1) is 11.8. The SMILES string of the molecule is O=C(N[C@@H]1CCSc2ccccc21)c1ccc(-n2cccn2)cc1. The monoisotopic (exact) mass is 335 g/mol. The Labute approximate surface area is 144 Å². The van der Waals surface area contributed by atoms with Crippen molar-refractivity contribution in [3.05, 3.63) is 78.1 Å². The smallest absolute Gasteiger partial charge is 0.251 e. The number of nitrogens with zero attached hydrogens (tertiary/aromatic N) is 2. The number of carbonyl (C=O) groups excluding carboxylic acids is 1. The van der Waals surface area contributed by atoms with Gasteiger partial charge < -0.3 is 5.32 Å². The van der Waals surface area contributed by atoms with Crippen LogP contribution in [0, 0.1) is 0 Å². The average Bonchev–Trinajstić information content (AvgIpc) is 3.17. The molecule has 4 nitrogen and oxygen atoms in total. The van der Waals surface area contributed by atoms with Crippen molar-refractivity contribution in [2.45, 2.75) is 17.4 Å². The maximum Gasteiger partial charge on any atom is 0.251 e. The second kappa shape index (κ2) is 6.53. The molecule has 0 fully saturated rings. The summed E-state index contributed by atoms with van der Waals surface area (Å²) in [6, 6.07) is 17.8. The van der Waals surface area contributed by atoms with Crippen LogP contribution in [0.4, 0.5) is 0 Å². The van der Waals surface area contributed by atoms with Gasteiger partial charge in [-0.25, -0.2) is 4.68 Å². The Bertz CT molecular complexity index is 843. The number of carbonyl (C=O) groups is 1. The Morgan fingerprint density at radius 1 is 1.12 bits per heavy atom. The molecular weight excluding hydrogens is 318 g/mol. The number of thioether (sulfide) groups is 1. The van der Waals surface area contributed by atoms with E-state index in [1.165, 1.54) is 10.5 Å². The molecule has 0 bridgehead atoms. The Balaban J connectivity index is 1.51. The maximum atomic E-state index is 12.6. The van der Waals surface area contributed by atoms with Gasteiger partial charge in [-0.2, -0.15) is 5.10 Å². The zero-order valence-electron chi connectivity index (χ0n) is 13.1. The van der Waals surface area contributed by atoms with Gasteiger partial charge in [-0.05, 0) is 48.4 Å². The van der Waals surface area contributed by atoms with E-state index >= 15 is 0 Å². The third kappa shape index (κ3) is 2.95. The van der Waals surface area contributed by atoms with Gasteiger partial charge in [0.15, 0.2) is 0 Å². The molecule has 1 aliphatic rings. The summed E-state index contributed by atoms with van der Waals surface area (Å²) in [4.78, 5) is 13.8. The Kier molecular flexibility index (Phi) is 4.09. The lowest BCUT2D eigenvalue weighted by Gasteiger charge is -2.25. The van der Waals surface area contributed by atoms with Gasteiger partial charge in [0, 0.05) is 28.6 Å². The third-order valence-corrected chi connectivity index (χ3v) is 5.28. The predicted octanol–water partition coefficient (Wildman–Crippen LogP) is 3.84. The van der Waals surface area contributed by atoms with Crippen molar-refractivity contribution in [2.75, 3.05) is 5.75 Å². The maximum absolute atomic E-state index is 12.6. The van der Waals surface area contributed by atoms with Gasteiger partial charge in [0.25, 0.3) is 5.91 Å². The molecule has 0 radical (unpaired) electrons. The van der Waals surface area contributed by atoms with Gasteiger partial charge in [0.1, 0.15) is 0 Å². The lowest BCUT2D eigenvalue weighted by molar-refractivity contribution is 0.0935. The highest BCUT2D eigenvalue weighted by Crippen LogP contribution is 2.35. The van der Waals surface area contributed by atoms with E-state index in [1.54, 1.807) is 10.9 Å². The largest absolute Gasteiger partial charge is 0.345 e. The number of rotatable bonds is 3. The van der Waals surface area contributed by atoms with Crippen LogP contribution in [0.3, 0.4) is 0 Å². The van der Waals surface area contributed by atoms with Crippen LogP contribution < -0.4 is 5.32 Å². The van der Waals surface area contributed by atoms with Gasteiger partial charge in [0.05, 0.1) is 11.7 Å². The van der Waals surface area contributed by atoms with Crippen LogP contribution in [0.15, 0.2) is 71.9 Å². The molecule has 2 aromatic carbocycles. The van der Waals surface area contributed by atoms with E-state index in [-0.39, 0.29) is 11.9 Å². The number of nitrogens with one attached hydrogen (secondary N) is 1. The van der Waals surface area contributed by atoms with Gasteiger partial charge in [-0.3, -0.25) is 4.79 Å². The molecule has 0 aliphatic carbocycles. The van der Waals surface area contributed by atoms with E-state index in [2.05, 4.69) is 22.5 Å². The Hall–Kier alpha value is -2.53. The molecular formula is C19H17N3OS. The molecule has 1 aliphatic heterocycles. The first kappa shape index (κ1) is 15.0. The topological polar surface area (TPSA) is 46.9 Å². The normalized spacial score (nSPS) is 16.4. The molecule has 4 rings (SSSR count). The summed E-state index contributed by atoms with van der Waals surface area (Å²) in [5, 5.41) is 7.36. The van der Waals surface area contributed by atoms with Crippen LogP contribution in [0.5, 0.6) is 0 Å². The zero-order chi connectivity index (χ0) is 16.4. The molecule has 2 heterocycles. The number of aromatic nitrogens is 2. The minimum atomic E-state index is -0.0336. The number of hydrogen-bond donors (Lipinski definition) is 1. The highest BCUT2D eigenvalue weighted by molar-refractivity contribution is 7.99. The van der Waals surface area contributed by atoms with Crippen LogP contribution >= 0.6 is 11.8 Å². The highest BCUT2D eigenvalue weighted by atomic mass is 32.2. The van der Waals surface area contributed by atoms with E-state index in [0.29, 0.717) is 5.56 Å². The molecule has 1 atom stereocenters. The zero-order valence-corrected chi connectivity index (χ0v) is 13.9. The second-order valence-corrected chi connectivity index (χ2v) is 6.84. The first-order valence-electron chi connectivity index (χ1n) is 7.94. The highest BCUT2D eigenvalue weighted by Gasteiger charge is 2.22. The van der Waals surface area contributed by atoms with Crippen molar-refractivity contribution < 1.29 is 4.79 Å². The van der Waals surface area contributed by atoms with Crippen molar-refractivity contribution in [1.82, 2.24) is 15.1 Å². The van der Waals surface area contributed by atoms with Crippen LogP contribution in [0.2, 0.25) is 0 Å². The van der Waals surface area contributed by atoms with E-state index < -0.39 is 0 Å². The molecule has 0 saturated carbocycles. The van der Waals surface area contributed by atoms with Gasteiger partial charge >= 0.3 is 0 Å². The molecule has 24 heavy (non-hydrogen) atoms. The minimum Gasteiger partial charge on any atom is -0.345 e. The van der Waals surface area contributed by atoms with Crippen molar-refractivity contribution in [2.24, 2.45) is 0 Å². The number of fused-ring (bicyclic) bond motifs is 1. The van der Waals surface area contributed by atoms with Crippen LogP contribution in [-0.4, -0.2) is 21.4 Å². The first-order valence-corrected chi connectivity index (χ1v) is 8.92. The van der Waals surface area contributed by atoms with Crippen molar-refractivity contribution in [1.29, 1.82) is 0 Å². The molecule has 1 aromatic heterocycles. The summed E-state index contributed by atoms with van der Waals surface area (Å²) in [7, 11) is 0. The summed E-state index contributed by atoms with van der Waals surface area (Å²) in [6.07, 6.45) is 4.57. The van der Waals surface area contributed by atoms with Crippen LogP contribution in [0.25, 0.3) is 5.69 Å². The number of amides is 1. The van der Waals surface area contributed by atoms with Gasteiger partial charge in [0.2, 0.25) is 0 Å². The lowest BCUT2D eigenvalue weighted by atomic mass is 10.0. The molecule has 1 N–H and O–H groups in total. The number of benzene rings is 2. The molecule has 0 spiro atoms. The van der Waals surface area contributed by atoms with Gasteiger partial charge in [-0.15, -0.1) is 11.8 Å². The molecule has 1 amide bonds. The molecule has 5 heteroatoms. The molecule has 0 unspecified atom stereocenters. The predicted molar refractivity (Wildman–Crippen MR) is 95.6 cm³/mol. The van der Waals surface area contributed by atoms with E-state index in [4.69, 9.17) is 0 Å². The van der Waals surface area contributed by atoms with Crippen LogP contribution in [-0.2, 0) is 0 Å². The summed E-state index contributed by atoms with van der Waals surface area (Å²) in [6.45, 7) is 0. The number of hydrogen-bond acceptors (Lipinski definition) is 3. The van der Waals surface area contributed by atoms with Gasteiger partial charge in [-0.1, -0.05) is 18.2 Å². The summed E-state index contributed by atoms with van der Waals surface area (Å²) >= 11 is 1.85. The summed E-state index contributed by atoms with van der Waals surface area (Å²) in [5.74, 6) is 0.994. The van der Waals surface area contributed by atoms with Crippen molar-refractivity contribution in [3.8, 4) is 5.69 Å². The molecule has 120 valence electrons. The standard InChI is InChI=1S/C19H17N3OS/c23-19(14-6-8-15(9-7-14)22-12-3-11-20-22)21-17-10-13-24-18-5-2-1-4-16(17)18/h1-9,11-12,17H,10,13H2,(H,21,23)/t17-/m1/s1. The molecule has 3 aromatic rings. The quantitative estimate of drug-likeness (QED) is 0.791. The summed E-state index contributed by atoms with van der Waals surface area (Å²) in [5.41, 5.74) is 2.83. The van der Waals surface area contributed by atoms with Crippen LogP contribution in [0.1, 0.15) is 28.4 Å². The Morgan fingerprint density at radius 3 is 2.75 bits per heavy atom. The van der Waals surface area contributed by atoms with E-state index in [1.807, 2.05) is 60.4 Å². The minimum absolute atomic E-state index is 0.0336. The fourth-order valence-electron chi connectivity index (χ4n) is 2.92. The second-order valence-electron chi connectivity index (χ2n) is 5.70. The van der Waals surface area contributed by atoms with Crippen molar-refractivity contribution >= 4 is 17.7 Å². The van der Waals surface area contributed by atoms with Crippen molar-refractivity contribution in [3.63, 3.8) is 0 Å². The fraction of sp³-hybridized carbons (Fsp3) is 0.158. The third-order valence-electron chi connectivity index (χ3n) is 4.16. The molecule has 0 saturated heterocycles. The fourth-order valence-corrected chi connectivity index (χ4v) is 4.05. The Morgan fingerprint density at radius 2 is 1.96 bits per heavy atom. The summed E-state index contributed by atoms with van der Waals surface area (Å²) < 4.78 is 1.77.